The van der Waals surface area contributed by atoms with Gasteiger partial charge in [0.05, 0.1) is 12.2 Å². The van der Waals surface area contributed by atoms with Gasteiger partial charge < -0.3 is 19.9 Å². The first-order valence-corrected chi connectivity index (χ1v) is 5.64. The second-order valence-corrected chi connectivity index (χ2v) is 4.26. The number of ether oxygens (including phenoxy) is 2. The molecule has 1 saturated heterocycles. The van der Waals surface area contributed by atoms with E-state index < -0.39 is 18.4 Å². The van der Waals surface area contributed by atoms with Crippen molar-refractivity contribution in [2.24, 2.45) is 5.92 Å². The normalized spacial score (nSPS) is 39.4. The lowest BCUT2D eigenvalue weighted by Crippen LogP contribution is -2.60. The van der Waals surface area contributed by atoms with Crippen LogP contribution in [0.15, 0.2) is 0 Å². The molecular formula is C11H21NO4. The van der Waals surface area contributed by atoms with Crippen molar-refractivity contribution in [2.75, 3.05) is 7.11 Å². The Morgan fingerprint density at radius 3 is 2.62 bits per heavy atom. The molecule has 5 atom stereocenters. The lowest BCUT2D eigenvalue weighted by molar-refractivity contribution is -0.239. The van der Waals surface area contributed by atoms with Crippen LogP contribution in [0, 0.1) is 5.92 Å². The molecule has 1 fully saturated rings. The van der Waals surface area contributed by atoms with Crippen molar-refractivity contribution in [1.29, 1.82) is 0 Å². The van der Waals surface area contributed by atoms with E-state index in [2.05, 4.69) is 5.32 Å². The Bertz CT molecular complexity index is 244. The summed E-state index contributed by atoms with van der Waals surface area (Å²) < 4.78 is 10.8. The number of nitrogens with one attached hydrogen (secondary N) is 1. The predicted molar refractivity (Wildman–Crippen MR) is 58.7 cm³/mol. The molecule has 0 bridgehead atoms. The fourth-order valence-corrected chi connectivity index (χ4v) is 2.15. The molecule has 0 radical (unpaired) electrons. The van der Waals surface area contributed by atoms with Crippen LogP contribution in [0.4, 0.5) is 0 Å². The third-order valence-electron chi connectivity index (χ3n) is 3.10. The van der Waals surface area contributed by atoms with Crippen LogP contribution in [-0.4, -0.2) is 42.7 Å². The van der Waals surface area contributed by atoms with Gasteiger partial charge in [-0.15, -0.1) is 0 Å². The maximum absolute atomic E-state index is 11.0. The molecule has 0 aliphatic carbocycles. The van der Waals surface area contributed by atoms with Gasteiger partial charge in [0, 0.05) is 20.0 Å². The van der Waals surface area contributed by atoms with Gasteiger partial charge in [0.1, 0.15) is 6.04 Å². The summed E-state index contributed by atoms with van der Waals surface area (Å²) in [5, 5.41) is 12.8. The predicted octanol–water partition coefficient (Wildman–Crippen LogP) is 0.269. The highest BCUT2D eigenvalue weighted by atomic mass is 16.7. The monoisotopic (exact) mass is 231 g/mol. The first-order valence-electron chi connectivity index (χ1n) is 5.64. The molecular weight excluding hydrogens is 210 g/mol. The number of amides is 1. The maximum Gasteiger partial charge on any atom is 0.217 e. The van der Waals surface area contributed by atoms with Crippen LogP contribution >= 0.6 is 0 Å². The van der Waals surface area contributed by atoms with Crippen molar-refractivity contribution >= 4 is 5.91 Å². The van der Waals surface area contributed by atoms with Gasteiger partial charge in [0.2, 0.25) is 5.91 Å². The van der Waals surface area contributed by atoms with Crippen LogP contribution in [0.2, 0.25) is 0 Å². The second-order valence-electron chi connectivity index (χ2n) is 4.26. The molecule has 5 heteroatoms. The quantitative estimate of drug-likeness (QED) is 0.731. The van der Waals surface area contributed by atoms with Crippen LogP contribution in [0.25, 0.3) is 0 Å². The highest BCUT2D eigenvalue weighted by Gasteiger charge is 2.42. The van der Waals surface area contributed by atoms with Gasteiger partial charge in [-0.05, 0) is 6.42 Å². The standard InChI is InChI=1S/C11H21NO4/c1-5-8-6(2)10(14)9(12-7(3)13)11(15-4)16-8/h6,8-11,14H,5H2,1-4H3,(H,12,13)/t6?,8-,9?,10-,11?/m1/s1. The third kappa shape index (κ3) is 2.72. The summed E-state index contributed by atoms with van der Waals surface area (Å²) in [6, 6.07) is -0.500. The lowest BCUT2D eigenvalue weighted by Gasteiger charge is -2.43. The van der Waals surface area contributed by atoms with Gasteiger partial charge in [-0.2, -0.15) is 0 Å². The highest BCUT2D eigenvalue weighted by Crippen LogP contribution is 2.27. The Morgan fingerprint density at radius 1 is 1.56 bits per heavy atom. The summed E-state index contributed by atoms with van der Waals surface area (Å²) in [7, 11) is 1.51. The van der Waals surface area contributed by atoms with E-state index in [1.165, 1.54) is 14.0 Å². The van der Waals surface area contributed by atoms with Crippen LogP contribution in [0.1, 0.15) is 27.2 Å². The number of carbonyl (C=O) groups is 1. The maximum atomic E-state index is 11.0. The van der Waals surface area contributed by atoms with Crippen LogP contribution in [0.5, 0.6) is 0 Å². The Hall–Kier alpha value is -0.650. The average molecular weight is 231 g/mol. The Balaban J connectivity index is 2.77. The fraction of sp³-hybridized carbons (Fsp3) is 0.909. The number of hydrogen-bond acceptors (Lipinski definition) is 4. The molecule has 0 spiro atoms. The van der Waals surface area contributed by atoms with Gasteiger partial charge in [-0.1, -0.05) is 13.8 Å². The number of aliphatic hydroxyl groups excluding tert-OH is 1. The number of methoxy groups -OCH3 is 1. The average Bonchev–Trinajstić information content (AvgIpc) is 2.25. The van der Waals surface area contributed by atoms with Crippen molar-refractivity contribution < 1.29 is 19.4 Å². The van der Waals surface area contributed by atoms with E-state index in [0.29, 0.717) is 0 Å². The molecule has 2 N–H and O–H groups in total. The smallest absolute Gasteiger partial charge is 0.217 e. The molecule has 0 aromatic rings. The molecule has 1 rings (SSSR count). The zero-order valence-corrected chi connectivity index (χ0v) is 10.3. The molecule has 1 aliphatic heterocycles. The molecule has 5 nitrogen and oxygen atoms in total. The summed E-state index contributed by atoms with van der Waals surface area (Å²) in [5.74, 6) is -0.218. The molecule has 1 heterocycles. The zero-order valence-electron chi connectivity index (χ0n) is 10.3. The fourth-order valence-electron chi connectivity index (χ4n) is 2.15. The summed E-state index contributed by atoms with van der Waals surface area (Å²) in [6.45, 7) is 5.33. The minimum atomic E-state index is -0.646. The van der Waals surface area contributed by atoms with E-state index in [9.17, 15) is 9.90 Å². The van der Waals surface area contributed by atoms with E-state index in [1.54, 1.807) is 0 Å². The number of hydrogen-bond donors (Lipinski definition) is 2. The van der Waals surface area contributed by atoms with Gasteiger partial charge in [-0.25, -0.2) is 0 Å². The van der Waals surface area contributed by atoms with Crippen molar-refractivity contribution in [1.82, 2.24) is 5.32 Å². The Morgan fingerprint density at radius 2 is 2.19 bits per heavy atom. The summed E-state index contributed by atoms with van der Waals surface area (Å²) in [4.78, 5) is 11.0. The summed E-state index contributed by atoms with van der Waals surface area (Å²) >= 11 is 0. The largest absolute Gasteiger partial charge is 0.390 e. The Labute approximate surface area is 96.1 Å². The summed E-state index contributed by atoms with van der Waals surface area (Å²) in [5.41, 5.74) is 0. The first kappa shape index (κ1) is 13.4. The number of rotatable bonds is 3. The lowest BCUT2D eigenvalue weighted by atomic mass is 9.88. The second kappa shape index (κ2) is 5.61. The van der Waals surface area contributed by atoms with Crippen LogP contribution in [-0.2, 0) is 14.3 Å². The summed E-state index contributed by atoms with van der Waals surface area (Å²) in [6.07, 6.45) is -0.456. The van der Waals surface area contributed by atoms with Gasteiger partial charge in [-0.3, -0.25) is 4.79 Å². The first-order chi connectivity index (χ1) is 7.51. The van der Waals surface area contributed by atoms with Crippen LogP contribution < -0.4 is 5.32 Å². The van der Waals surface area contributed by atoms with E-state index in [1.807, 2.05) is 13.8 Å². The van der Waals surface area contributed by atoms with Gasteiger partial charge >= 0.3 is 0 Å². The number of carbonyl (C=O) groups excluding carboxylic acids is 1. The molecule has 1 aliphatic rings. The molecule has 0 aromatic carbocycles. The zero-order chi connectivity index (χ0) is 12.3. The van der Waals surface area contributed by atoms with Crippen LogP contribution in [0.3, 0.4) is 0 Å². The van der Waals surface area contributed by atoms with Crippen molar-refractivity contribution in [3.8, 4) is 0 Å². The minimum Gasteiger partial charge on any atom is -0.390 e. The van der Waals surface area contributed by atoms with E-state index in [4.69, 9.17) is 9.47 Å². The van der Waals surface area contributed by atoms with Gasteiger partial charge in [0.25, 0.3) is 0 Å². The van der Waals surface area contributed by atoms with Crippen molar-refractivity contribution in [2.45, 2.75) is 51.7 Å². The van der Waals surface area contributed by atoms with E-state index in [-0.39, 0.29) is 17.9 Å². The number of aliphatic hydroxyl groups is 1. The third-order valence-corrected chi connectivity index (χ3v) is 3.10. The topological polar surface area (TPSA) is 67.8 Å². The van der Waals surface area contributed by atoms with E-state index in [0.717, 1.165) is 6.42 Å². The van der Waals surface area contributed by atoms with E-state index >= 15 is 0 Å². The minimum absolute atomic E-state index is 0.0201. The van der Waals surface area contributed by atoms with Crippen molar-refractivity contribution in [3.63, 3.8) is 0 Å². The van der Waals surface area contributed by atoms with Gasteiger partial charge in [0.15, 0.2) is 6.29 Å². The molecule has 0 saturated carbocycles. The SMILES string of the molecule is CC[C@H]1OC(OC)C(NC(C)=O)[C@H](O)C1C. The van der Waals surface area contributed by atoms with Crippen molar-refractivity contribution in [3.05, 3.63) is 0 Å². The highest BCUT2D eigenvalue weighted by molar-refractivity contribution is 5.73. The molecule has 94 valence electrons. The Kier molecular flexibility index (Phi) is 4.70. The molecule has 16 heavy (non-hydrogen) atoms. The molecule has 3 unspecified atom stereocenters. The molecule has 1 amide bonds. The molecule has 0 aromatic heterocycles.